The van der Waals surface area contributed by atoms with Gasteiger partial charge in [0.15, 0.2) is 0 Å². The average molecular weight is 232 g/mol. The monoisotopic (exact) mass is 232 g/mol. The van der Waals surface area contributed by atoms with E-state index in [9.17, 15) is 13.2 Å². The predicted molar refractivity (Wildman–Crippen MR) is 55.9 cm³/mol. The molecule has 15 heavy (non-hydrogen) atoms. The second-order valence-electron chi connectivity index (χ2n) is 3.62. The van der Waals surface area contributed by atoms with Crippen molar-refractivity contribution in [2.24, 2.45) is 0 Å². The molecule has 0 bridgehead atoms. The molecule has 1 aromatic rings. The molecule has 1 aliphatic rings. The summed E-state index contributed by atoms with van der Waals surface area (Å²) in [4.78, 5) is 0. The molecule has 0 amide bonds. The number of benzene rings is 1. The van der Waals surface area contributed by atoms with Gasteiger partial charge < -0.3 is 0 Å². The van der Waals surface area contributed by atoms with Gasteiger partial charge in [-0.3, -0.25) is 0 Å². The molecule has 0 nitrogen and oxygen atoms in total. The van der Waals surface area contributed by atoms with E-state index in [0.29, 0.717) is 5.25 Å². The summed E-state index contributed by atoms with van der Waals surface area (Å²) in [7, 11) is 0. The van der Waals surface area contributed by atoms with Crippen LogP contribution in [0.1, 0.15) is 29.2 Å². The smallest absolute Gasteiger partial charge is 0.166 e. The lowest BCUT2D eigenvalue weighted by Gasteiger charge is -2.11. The third-order valence-electron chi connectivity index (χ3n) is 2.54. The van der Waals surface area contributed by atoms with Crippen molar-refractivity contribution in [2.45, 2.75) is 24.3 Å². The molecule has 0 radical (unpaired) electrons. The van der Waals surface area contributed by atoms with Crippen LogP contribution in [0.5, 0.6) is 0 Å². The van der Waals surface area contributed by atoms with Crippen LogP contribution in [0.2, 0.25) is 0 Å². The van der Waals surface area contributed by atoms with Gasteiger partial charge in [-0.05, 0) is 36.3 Å². The lowest BCUT2D eigenvalue weighted by Crippen LogP contribution is -2.04. The zero-order valence-corrected chi connectivity index (χ0v) is 8.87. The zero-order valence-electron chi connectivity index (χ0n) is 8.05. The Morgan fingerprint density at radius 1 is 1.13 bits per heavy atom. The van der Waals surface area contributed by atoms with E-state index in [4.69, 9.17) is 0 Å². The van der Waals surface area contributed by atoms with Gasteiger partial charge >= 0.3 is 6.18 Å². The first-order valence-electron chi connectivity index (χ1n) is 4.86. The number of thioether (sulfide) groups is 1. The molecule has 2 rings (SSSR count). The summed E-state index contributed by atoms with van der Waals surface area (Å²) in [5, 5.41) is 0.396. The minimum Gasteiger partial charge on any atom is -0.166 e. The van der Waals surface area contributed by atoms with E-state index in [1.165, 1.54) is 12.1 Å². The molecule has 1 saturated heterocycles. The summed E-state index contributed by atoms with van der Waals surface area (Å²) < 4.78 is 36.9. The zero-order chi connectivity index (χ0) is 10.9. The van der Waals surface area contributed by atoms with Crippen LogP contribution in [-0.4, -0.2) is 5.75 Å². The molecule has 82 valence electrons. The molecule has 4 heteroatoms. The van der Waals surface area contributed by atoms with E-state index >= 15 is 0 Å². The van der Waals surface area contributed by atoms with Crippen LogP contribution in [0.4, 0.5) is 13.2 Å². The van der Waals surface area contributed by atoms with Crippen LogP contribution in [0.15, 0.2) is 24.3 Å². The first-order chi connectivity index (χ1) is 7.07. The summed E-state index contributed by atoms with van der Waals surface area (Å²) in [6, 6.07) is 5.56. The number of alkyl halides is 3. The van der Waals surface area contributed by atoms with Crippen molar-refractivity contribution in [1.82, 2.24) is 0 Å². The summed E-state index contributed by atoms with van der Waals surface area (Å²) in [6.45, 7) is 0. The van der Waals surface area contributed by atoms with Crippen molar-refractivity contribution >= 4 is 11.8 Å². The van der Waals surface area contributed by atoms with Crippen molar-refractivity contribution in [1.29, 1.82) is 0 Å². The Kier molecular flexibility index (Phi) is 2.96. The van der Waals surface area contributed by atoms with Gasteiger partial charge in [0, 0.05) is 5.25 Å². The number of rotatable bonds is 1. The van der Waals surface area contributed by atoms with Gasteiger partial charge in [0.25, 0.3) is 0 Å². The summed E-state index contributed by atoms with van der Waals surface area (Å²) in [6.07, 6.45) is -1.98. The number of hydrogen-bond donors (Lipinski definition) is 0. The van der Waals surface area contributed by atoms with E-state index in [2.05, 4.69) is 0 Å². The fourth-order valence-corrected chi connectivity index (χ4v) is 3.03. The fourth-order valence-electron chi connectivity index (χ4n) is 1.73. The SMILES string of the molecule is FC(F)(F)c1ccc(C2CCCS2)cc1. The minimum atomic E-state index is -4.22. The Balaban J connectivity index is 2.16. The van der Waals surface area contributed by atoms with Gasteiger partial charge in [-0.25, -0.2) is 0 Å². The first-order valence-corrected chi connectivity index (χ1v) is 5.91. The standard InChI is InChI=1S/C11H11F3S/c12-11(13,14)9-5-3-8(4-6-9)10-2-1-7-15-10/h3-6,10H,1-2,7H2. The minimum absolute atomic E-state index is 0.396. The van der Waals surface area contributed by atoms with Crippen LogP contribution in [0.3, 0.4) is 0 Å². The van der Waals surface area contributed by atoms with Crippen LogP contribution >= 0.6 is 11.8 Å². The van der Waals surface area contributed by atoms with E-state index in [-0.39, 0.29) is 0 Å². The third-order valence-corrected chi connectivity index (χ3v) is 3.97. The molecule has 0 saturated carbocycles. The van der Waals surface area contributed by atoms with E-state index in [1.54, 1.807) is 12.1 Å². The van der Waals surface area contributed by atoms with Crippen LogP contribution < -0.4 is 0 Å². The number of halogens is 3. The molecule has 0 spiro atoms. The van der Waals surface area contributed by atoms with Crippen molar-refractivity contribution in [3.8, 4) is 0 Å². The second-order valence-corrected chi connectivity index (χ2v) is 4.93. The van der Waals surface area contributed by atoms with Gasteiger partial charge in [-0.1, -0.05) is 12.1 Å². The van der Waals surface area contributed by atoms with E-state index in [0.717, 1.165) is 24.2 Å². The maximum atomic E-state index is 12.3. The maximum absolute atomic E-state index is 12.3. The normalized spacial score (nSPS) is 21.9. The lowest BCUT2D eigenvalue weighted by atomic mass is 10.1. The van der Waals surface area contributed by atoms with Crippen molar-refractivity contribution in [3.05, 3.63) is 35.4 Å². The molecule has 0 aliphatic carbocycles. The molecular formula is C11H11F3S. The van der Waals surface area contributed by atoms with Crippen molar-refractivity contribution in [3.63, 3.8) is 0 Å². The highest BCUT2D eigenvalue weighted by Crippen LogP contribution is 2.40. The summed E-state index contributed by atoms with van der Waals surface area (Å²) >= 11 is 1.83. The maximum Gasteiger partial charge on any atom is 0.416 e. The third kappa shape index (κ3) is 2.48. The summed E-state index contributed by atoms with van der Waals surface area (Å²) in [5.74, 6) is 1.12. The molecule has 1 unspecified atom stereocenters. The summed E-state index contributed by atoms with van der Waals surface area (Å²) in [5.41, 5.74) is 0.458. The van der Waals surface area contributed by atoms with Crippen molar-refractivity contribution in [2.75, 3.05) is 5.75 Å². The Morgan fingerprint density at radius 2 is 1.80 bits per heavy atom. The molecule has 1 aromatic carbocycles. The highest BCUT2D eigenvalue weighted by Gasteiger charge is 2.30. The highest BCUT2D eigenvalue weighted by molar-refractivity contribution is 7.99. The Bertz CT molecular complexity index is 323. The molecule has 1 aliphatic heterocycles. The van der Waals surface area contributed by atoms with Gasteiger partial charge in [-0.15, -0.1) is 0 Å². The lowest BCUT2D eigenvalue weighted by molar-refractivity contribution is -0.137. The molecular weight excluding hydrogens is 221 g/mol. The molecule has 0 aromatic heterocycles. The molecule has 1 heterocycles. The quantitative estimate of drug-likeness (QED) is 0.696. The fraction of sp³-hybridized carbons (Fsp3) is 0.455. The van der Waals surface area contributed by atoms with Gasteiger partial charge in [0.2, 0.25) is 0 Å². The topological polar surface area (TPSA) is 0 Å². The van der Waals surface area contributed by atoms with Gasteiger partial charge in [-0.2, -0.15) is 24.9 Å². The Hall–Kier alpha value is -0.640. The predicted octanol–water partition coefficient (Wildman–Crippen LogP) is 4.27. The highest BCUT2D eigenvalue weighted by atomic mass is 32.2. The Labute approximate surface area is 90.9 Å². The molecule has 0 N–H and O–H groups in total. The number of hydrogen-bond acceptors (Lipinski definition) is 1. The Morgan fingerprint density at radius 3 is 2.27 bits per heavy atom. The van der Waals surface area contributed by atoms with Crippen molar-refractivity contribution < 1.29 is 13.2 Å². The van der Waals surface area contributed by atoms with Crippen LogP contribution in [0.25, 0.3) is 0 Å². The average Bonchev–Trinajstić information content (AvgIpc) is 2.69. The second kappa shape index (κ2) is 4.08. The van der Waals surface area contributed by atoms with Crippen LogP contribution in [0, 0.1) is 0 Å². The molecule has 1 fully saturated rings. The molecule has 1 atom stereocenters. The van der Waals surface area contributed by atoms with E-state index < -0.39 is 11.7 Å². The largest absolute Gasteiger partial charge is 0.416 e. The van der Waals surface area contributed by atoms with Gasteiger partial charge in [0.05, 0.1) is 5.56 Å². The van der Waals surface area contributed by atoms with Gasteiger partial charge in [0.1, 0.15) is 0 Å². The first kappa shape index (κ1) is 10.9. The van der Waals surface area contributed by atoms with E-state index in [1.807, 2.05) is 11.8 Å². The van der Waals surface area contributed by atoms with Crippen LogP contribution in [-0.2, 0) is 6.18 Å².